The van der Waals surface area contributed by atoms with Crippen LogP contribution in [0.2, 0.25) is 0 Å². The highest BCUT2D eigenvalue weighted by molar-refractivity contribution is 7.85. The first-order valence-corrected chi connectivity index (χ1v) is 11.2. The molecule has 2 amide bonds. The number of amides is 2. The van der Waals surface area contributed by atoms with Crippen molar-refractivity contribution in [3.8, 4) is 0 Å². The van der Waals surface area contributed by atoms with Crippen LogP contribution in [0.1, 0.15) is 12.5 Å². The predicted molar refractivity (Wildman–Crippen MR) is 120 cm³/mol. The van der Waals surface area contributed by atoms with Gasteiger partial charge in [-0.05, 0) is 48.2 Å². The Morgan fingerprint density at radius 1 is 1.12 bits per heavy atom. The molecule has 3 N–H and O–H groups in total. The van der Waals surface area contributed by atoms with Crippen LogP contribution in [0.15, 0.2) is 69.7 Å². The van der Waals surface area contributed by atoms with Gasteiger partial charge in [-0.3, -0.25) is 18.9 Å². The van der Waals surface area contributed by atoms with Crippen LogP contribution in [0.25, 0.3) is 10.8 Å². The van der Waals surface area contributed by atoms with E-state index in [4.69, 9.17) is 0 Å². The molecule has 168 valence electrons. The van der Waals surface area contributed by atoms with E-state index in [9.17, 15) is 27.4 Å². The van der Waals surface area contributed by atoms with Crippen molar-refractivity contribution in [3.05, 3.63) is 60.2 Å². The number of Topliss-reactive ketones (excluding diaryl/α,β-unsaturated/α-hetero) is 1. The Bertz CT molecular complexity index is 1450. The number of carbonyl (C=O) groups is 3. The number of rotatable bonds is 6. The summed E-state index contributed by atoms with van der Waals surface area (Å²) in [6, 6.07) is 12.3. The third-order valence-corrected chi connectivity index (χ3v) is 5.89. The molecule has 0 fully saturated rings. The van der Waals surface area contributed by atoms with Gasteiger partial charge in [0.15, 0.2) is 5.78 Å². The van der Waals surface area contributed by atoms with Crippen LogP contribution in [-0.2, 0) is 30.9 Å². The molecule has 11 heteroatoms. The molecular weight excluding hydrogens is 448 g/mol. The van der Waals surface area contributed by atoms with E-state index < -0.39 is 27.9 Å². The molecular formula is C22H18N4O6S. The Hall–Kier alpha value is -3.96. The number of benzene rings is 3. The van der Waals surface area contributed by atoms with Crippen LogP contribution in [-0.4, -0.2) is 36.6 Å². The van der Waals surface area contributed by atoms with E-state index in [1.54, 1.807) is 36.4 Å². The second kappa shape index (κ2) is 8.52. The van der Waals surface area contributed by atoms with Gasteiger partial charge in [0.25, 0.3) is 16.0 Å². The zero-order valence-corrected chi connectivity index (χ0v) is 18.1. The molecule has 0 saturated carbocycles. The summed E-state index contributed by atoms with van der Waals surface area (Å²) in [5.74, 6) is -1.35. The topological polar surface area (TPSA) is 154 Å². The number of azo groups is 1. The van der Waals surface area contributed by atoms with Crippen LogP contribution in [0.3, 0.4) is 0 Å². The fourth-order valence-electron chi connectivity index (χ4n) is 3.43. The lowest BCUT2D eigenvalue weighted by Crippen LogP contribution is -2.31. The summed E-state index contributed by atoms with van der Waals surface area (Å²) < 4.78 is 32.0. The third-order valence-electron chi connectivity index (χ3n) is 5.04. The van der Waals surface area contributed by atoms with Gasteiger partial charge in [0.2, 0.25) is 11.9 Å². The van der Waals surface area contributed by atoms with Crippen molar-refractivity contribution in [1.29, 1.82) is 0 Å². The third kappa shape index (κ3) is 4.78. The summed E-state index contributed by atoms with van der Waals surface area (Å²) in [7, 11) is -4.37. The van der Waals surface area contributed by atoms with E-state index in [0.29, 0.717) is 27.8 Å². The van der Waals surface area contributed by atoms with E-state index in [1.165, 1.54) is 25.1 Å². The van der Waals surface area contributed by atoms with Crippen molar-refractivity contribution in [2.45, 2.75) is 24.3 Å². The van der Waals surface area contributed by atoms with E-state index in [2.05, 4.69) is 20.9 Å². The molecule has 10 nitrogen and oxygen atoms in total. The Labute approximate surface area is 188 Å². The van der Waals surface area contributed by atoms with Gasteiger partial charge in [-0.15, -0.1) is 0 Å². The van der Waals surface area contributed by atoms with Crippen molar-refractivity contribution in [2.75, 3.05) is 10.6 Å². The first kappa shape index (κ1) is 22.2. The van der Waals surface area contributed by atoms with Gasteiger partial charge in [0.1, 0.15) is 0 Å². The van der Waals surface area contributed by atoms with Crippen molar-refractivity contribution in [3.63, 3.8) is 0 Å². The second-order valence-corrected chi connectivity index (χ2v) is 8.87. The molecule has 3 aromatic rings. The minimum absolute atomic E-state index is 0.136. The Morgan fingerprint density at radius 3 is 2.64 bits per heavy atom. The Kier molecular flexibility index (Phi) is 5.75. The van der Waals surface area contributed by atoms with Gasteiger partial charge in [-0.2, -0.15) is 18.6 Å². The van der Waals surface area contributed by atoms with Crippen molar-refractivity contribution >= 4 is 55.6 Å². The van der Waals surface area contributed by atoms with Crippen LogP contribution in [0.4, 0.5) is 17.1 Å². The summed E-state index contributed by atoms with van der Waals surface area (Å²) in [5.41, 5.74) is 2.12. The molecule has 3 aromatic carbocycles. The highest BCUT2D eigenvalue weighted by Gasteiger charge is 2.24. The highest BCUT2D eigenvalue weighted by atomic mass is 32.2. The quantitative estimate of drug-likeness (QED) is 0.288. The van der Waals surface area contributed by atoms with Gasteiger partial charge >= 0.3 is 0 Å². The predicted octanol–water partition coefficient (Wildman–Crippen LogP) is 3.26. The van der Waals surface area contributed by atoms with Crippen molar-refractivity contribution < 1.29 is 27.4 Å². The average molecular weight is 466 g/mol. The number of hydrogen-bond acceptors (Lipinski definition) is 7. The molecule has 33 heavy (non-hydrogen) atoms. The van der Waals surface area contributed by atoms with Crippen molar-refractivity contribution in [1.82, 2.24) is 0 Å². The molecule has 0 bridgehead atoms. The number of nitrogens with zero attached hydrogens (tertiary/aromatic N) is 2. The van der Waals surface area contributed by atoms with Crippen molar-refractivity contribution in [2.24, 2.45) is 10.2 Å². The molecule has 4 rings (SSSR count). The van der Waals surface area contributed by atoms with E-state index in [-0.39, 0.29) is 17.2 Å². The van der Waals surface area contributed by atoms with Gasteiger partial charge in [-0.25, -0.2) is 0 Å². The standard InChI is InChI=1S/C22H18N4O6S/c1-12(27)21(22(29)23-15-6-5-14-10-20(28)24-19(14)11-15)26-25-18-4-2-3-13-9-16(33(30,31)32)7-8-17(13)18/h2-9,11,21H,10H2,1H3,(H,23,29)(H,24,28)(H,30,31,32). The molecule has 0 spiro atoms. The number of nitrogens with one attached hydrogen (secondary N) is 2. The smallest absolute Gasteiger partial charge is 0.294 e. The molecule has 1 atom stereocenters. The number of fused-ring (bicyclic) bond motifs is 2. The van der Waals surface area contributed by atoms with Crippen LogP contribution < -0.4 is 10.6 Å². The fourth-order valence-corrected chi connectivity index (χ4v) is 3.95. The lowest BCUT2D eigenvalue weighted by Gasteiger charge is -2.11. The maximum Gasteiger partial charge on any atom is 0.294 e. The zero-order chi connectivity index (χ0) is 23.8. The summed E-state index contributed by atoms with van der Waals surface area (Å²) in [4.78, 5) is 36.0. The maximum absolute atomic E-state index is 12.7. The van der Waals surface area contributed by atoms with Crippen LogP contribution in [0, 0.1) is 0 Å². The first-order chi connectivity index (χ1) is 15.6. The number of anilines is 2. The first-order valence-electron chi connectivity index (χ1n) is 9.77. The summed E-state index contributed by atoms with van der Waals surface area (Å²) in [6.07, 6.45) is 0.268. The van der Waals surface area contributed by atoms with Crippen LogP contribution in [0.5, 0.6) is 0 Å². The SMILES string of the molecule is CC(=O)C(N=Nc1cccc2cc(S(=O)(=O)O)ccc12)C(=O)Nc1ccc2c(c1)NC(=O)C2. The molecule has 0 aromatic heterocycles. The fraction of sp³-hybridized carbons (Fsp3) is 0.136. The van der Waals surface area contributed by atoms with Gasteiger partial charge in [-0.1, -0.05) is 24.3 Å². The lowest BCUT2D eigenvalue weighted by molar-refractivity contribution is -0.126. The number of carbonyl (C=O) groups excluding carboxylic acids is 3. The largest absolute Gasteiger partial charge is 0.325 e. The molecule has 1 unspecified atom stereocenters. The van der Waals surface area contributed by atoms with E-state index >= 15 is 0 Å². The molecule has 0 aliphatic carbocycles. The van der Waals surface area contributed by atoms with Gasteiger partial charge in [0, 0.05) is 16.8 Å². The molecule has 1 heterocycles. The Balaban J connectivity index is 1.58. The molecule has 1 aliphatic heterocycles. The molecule has 1 aliphatic rings. The number of ketones is 1. The maximum atomic E-state index is 12.7. The molecule has 0 saturated heterocycles. The average Bonchev–Trinajstić information content (AvgIpc) is 3.12. The summed E-state index contributed by atoms with van der Waals surface area (Å²) in [5, 5.41) is 14.3. The summed E-state index contributed by atoms with van der Waals surface area (Å²) in [6.45, 7) is 1.22. The Morgan fingerprint density at radius 2 is 1.91 bits per heavy atom. The highest BCUT2D eigenvalue weighted by Crippen LogP contribution is 2.29. The van der Waals surface area contributed by atoms with Gasteiger partial charge < -0.3 is 10.6 Å². The van der Waals surface area contributed by atoms with Gasteiger partial charge in [0.05, 0.1) is 17.0 Å². The molecule has 0 radical (unpaired) electrons. The monoisotopic (exact) mass is 466 g/mol. The number of hydrogen-bond donors (Lipinski definition) is 3. The zero-order valence-electron chi connectivity index (χ0n) is 17.3. The second-order valence-electron chi connectivity index (χ2n) is 7.45. The van der Waals surface area contributed by atoms with E-state index in [1.807, 2.05) is 0 Å². The minimum Gasteiger partial charge on any atom is -0.325 e. The minimum atomic E-state index is -4.37. The lowest BCUT2D eigenvalue weighted by atomic mass is 10.1. The van der Waals surface area contributed by atoms with Crippen LogP contribution >= 0.6 is 0 Å². The van der Waals surface area contributed by atoms with E-state index in [0.717, 1.165) is 5.56 Å². The summed E-state index contributed by atoms with van der Waals surface area (Å²) >= 11 is 0. The normalized spacial score (nSPS) is 14.2.